The molecule has 0 spiro atoms. The number of hydrogen-bond donors (Lipinski definition) is 1. The van der Waals surface area contributed by atoms with Crippen LogP contribution in [0.4, 0.5) is 0 Å². The van der Waals surface area contributed by atoms with Crippen molar-refractivity contribution >= 4 is 21.8 Å². The van der Waals surface area contributed by atoms with E-state index in [2.05, 4.69) is 33.2 Å². The average molecular weight is 470 g/mol. The van der Waals surface area contributed by atoms with Crippen LogP contribution in [0.3, 0.4) is 0 Å². The minimum atomic E-state index is -0.446. The van der Waals surface area contributed by atoms with Gasteiger partial charge in [0.25, 0.3) is 5.89 Å². The largest absolute Gasteiger partial charge is 0.507 e. The summed E-state index contributed by atoms with van der Waals surface area (Å²) in [6.07, 6.45) is 1.41. The van der Waals surface area contributed by atoms with Gasteiger partial charge in [0, 0.05) is 23.5 Å². The highest BCUT2D eigenvalue weighted by atomic mass is 79.9. The maximum atomic E-state index is 12.5. The van der Waals surface area contributed by atoms with Crippen LogP contribution in [0.5, 0.6) is 5.75 Å². The van der Waals surface area contributed by atoms with Crippen LogP contribution in [0.25, 0.3) is 11.5 Å². The van der Waals surface area contributed by atoms with Crippen LogP contribution in [0.15, 0.2) is 57.5 Å². The second-order valence-electron chi connectivity index (χ2n) is 8.01. The Morgan fingerprint density at radius 2 is 1.87 bits per heavy atom. The van der Waals surface area contributed by atoms with Gasteiger partial charge >= 0.3 is 0 Å². The number of amides is 1. The van der Waals surface area contributed by atoms with Crippen molar-refractivity contribution in [2.45, 2.75) is 32.1 Å². The molecule has 1 aromatic heterocycles. The Bertz CT molecular complexity index is 1040. The predicted molar refractivity (Wildman–Crippen MR) is 117 cm³/mol. The number of phenolic OH excluding ortho intramolecular Hbond substituents is 1. The van der Waals surface area contributed by atoms with E-state index in [1.807, 2.05) is 36.9 Å². The summed E-state index contributed by atoms with van der Waals surface area (Å²) in [4.78, 5) is 19.1. The number of aromatic hydroxyl groups is 1. The Labute approximate surface area is 184 Å². The summed E-state index contributed by atoms with van der Waals surface area (Å²) < 4.78 is 6.39. The molecule has 0 bridgehead atoms. The number of aromatic nitrogens is 2. The zero-order valence-corrected chi connectivity index (χ0v) is 18.6. The van der Waals surface area contributed by atoms with Gasteiger partial charge in [-0.25, -0.2) is 0 Å². The third kappa shape index (κ3) is 3.74. The van der Waals surface area contributed by atoms with Crippen LogP contribution in [0.1, 0.15) is 38.1 Å². The van der Waals surface area contributed by atoms with Crippen molar-refractivity contribution in [2.24, 2.45) is 5.92 Å². The number of rotatable bonds is 4. The lowest BCUT2D eigenvalue weighted by molar-refractivity contribution is -0.135. The number of halogens is 1. The zero-order chi connectivity index (χ0) is 21.3. The Morgan fingerprint density at radius 3 is 2.53 bits per heavy atom. The third-order valence-corrected chi connectivity index (χ3v) is 6.29. The fourth-order valence-corrected chi connectivity index (χ4v) is 4.44. The van der Waals surface area contributed by atoms with Gasteiger partial charge in [-0.05, 0) is 36.6 Å². The number of carbonyl (C=O) groups is 1. The molecule has 1 aliphatic rings. The Hall–Kier alpha value is -2.67. The maximum absolute atomic E-state index is 12.5. The quantitative estimate of drug-likeness (QED) is 0.595. The number of carbonyl (C=O) groups excluding carboxylic acids is 1. The summed E-state index contributed by atoms with van der Waals surface area (Å²) in [6, 6.07) is 15.2. The summed E-state index contributed by atoms with van der Waals surface area (Å²) in [6.45, 7) is 5.13. The highest BCUT2D eigenvalue weighted by molar-refractivity contribution is 9.10. The fourth-order valence-electron chi connectivity index (χ4n) is 4.08. The molecule has 30 heavy (non-hydrogen) atoms. The first-order valence-corrected chi connectivity index (χ1v) is 10.9. The number of nitrogens with zero attached hydrogens (tertiary/aromatic N) is 3. The predicted octanol–water partition coefficient (Wildman–Crippen LogP) is 4.77. The van der Waals surface area contributed by atoms with Crippen molar-refractivity contribution in [2.75, 3.05) is 13.1 Å². The van der Waals surface area contributed by atoms with Gasteiger partial charge in [-0.1, -0.05) is 65.3 Å². The van der Waals surface area contributed by atoms with Crippen LogP contribution in [0.2, 0.25) is 0 Å². The van der Waals surface area contributed by atoms with E-state index in [-0.39, 0.29) is 23.5 Å². The number of likely N-dealkylation sites (tertiary alicyclic amines) is 1. The van der Waals surface area contributed by atoms with Crippen LogP contribution in [-0.2, 0) is 10.2 Å². The molecule has 0 aliphatic carbocycles. The molecule has 2 aromatic carbocycles. The third-order valence-electron chi connectivity index (χ3n) is 5.79. The lowest BCUT2D eigenvalue weighted by atomic mass is 9.72. The monoisotopic (exact) mass is 469 g/mol. The molecule has 1 amide bonds. The van der Waals surface area contributed by atoms with E-state index >= 15 is 0 Å². The van der Waals surface area contributed by atoms with E-state index in [4.69, 9.17) is 9.51 Å². The van der Waals surface area contributed by atoms with Crippen molar-refractivity contribution in [3.63, 3.8) is 0 Å². The van der Waals surface area contributed by atoms with Gasteiger partial charge in [-0.3, -0.25) is 4.79 Å². The van der Waals surface area contributed by atoms with Gasteiger partial charge in [-0.15, -0.1) is 0 Å². The van der Waals surface area contributed by atoms with Gasteiger partial charge in [0.1, 0.15) is 5.75 Å². The van der Waals surface area contributed by atoms with Crippen molar-refractivity contribution < 1.29 is 14.4 Å². The van der Waals surface area contributed by atoms with Crippen LogP contribution < -0.4 is 0 Å². The first kappa shape index (κ1) is 20.6. The van der Waals surface area contributed by atoms with Gasteiger partial charge in [-0.2, -0.15) is 4.98 Å². The van der Waals surface area contributed by atoms with Crippen LogP contribution in [0, 0.1) is 5.92 Å². The van der Waals surface area contributed by atoms with Gasteiger partial charge in [0.05, 0.1) is 11.0 Å². The molecule has 1 N–H and O–H groups in total. The molecule has 1 fully saturated rings. The van der Waals surface area contributed by atoms with Crippen LogP contribution >= 0.6 is 15.9 Å². The molecular weight excluding hydrogens is 446 g/mol. The van der Waals surface area contributed by atoms with E-state index in [9.17, 15) is 9.90 Å². The maximum Gasteiger partial charge on any atom is 0.261 e. The first-order chi connectivity index (χ1) is 14.4. The summed E-state index contributed by atoms with van der Waals surface area (Å²) in [5, 5.41) is 14.6. The lowest BCUT2D eigenvalue weighted by Gasteiger charge is -2.40. The topological polar surface area (TPSA) is 79.5 Å². The zero-order valence-electron chi connectivity index (χ0n) is 17.0. The van der Waals surface area contributed by atoms with Crippen molar-refractivity contribution in [1.29, 1.82) is 0 Å². The molecule has 2 heterocycles. The highest BCUT2D eigenvalue weighted by Gasteiger charge is 2.43. The minimum absolute atomic E-state index is 0.0227. The molecule has 3 aromatic rings. The van der Waals surface area contributed by atoms with Gasteiger partial charge < -0.3 is 14.5 Å². The fraction of sp³-hybridized carbons (Fsp3) is 0.348. The van der Waals surface area contributed by atoms with Gasteiger partial charge in [0.2, 0.25) is 5.91 Å². The second kappa shape index (κ2) is 8.22. The minimum Gasteiger partial charge on any atom is -0.507 e. The van der Waals surface area contributed by atoms with E-state index in [1.54, 1.807) is 18.2 Å². The molecule has 7 heteroatoms. The molecule has 6 nitrogen and oxygen atoms in total. The number of phenols is 1. The summed E-state index contributed by atoms with van der Waals surface area (Å²) in [5.41, 5.74) is 1.14. The highest BCUT2D eigenvalue weighted by Crippen LogP contribution is 2.42. The summed E-state index contributed by atoms with van der Waals surface area (Å²) in [7, 11) is 0. The molecule has 0 unspecified atom stereocenters. The van der Waals surface area contributed by atoms with Crippen molar-refractivity contribution in [3.8, 4) is 17.2 Å². The molecule has 0 atom stereocenters. The smallest absolute Gasteiger partial charge is 0.261 e. The number of hydrogen-bond acceptors (Lipinski definition) is 5. The lowest BCUT2D eigenvalue weighted by Crippen LogP contribution is -2.47. The number of piperidine rings is 1. The van der Waals surface area contributed by atoms with E-state index in [0.29, 0.717) is 37.3 Å². The molecule has 0 radical (unpaired) electrons. The standard InChI is InChI=1S/C23H24BrN3O3/c1-15(2)21(29)27-12-10-23(11-13-27,16-6-4-3-5-7-16)22-25-20(30-26-22)18-14-17(24)8-9-19(18)28/h3-9,14-15,28H,10-13H2,1-2H3. The molecule has 0 saturated carbocycles. The Morgan fingerprint density at radius 1 is 1.17 bits per heavy atom. The Balaban J connectivity index is 1.72. The van der Waals surface area contributed by atoms with Crippen molar-refractivity contribution in [3.05, 3.63) is 64.4 Å². The van der Waals surface area contributed by atoms with Crippen molar-refractivity contribution in [1.82, 2.24) is 15.0 Å². The first-order valence-electron chi connectivity index (χ1n) is 10.1. The normalized spacial score (nSPS) is 16.1. The van der Waals surface area contributed by atoms with E-state index in [0.717, 1.165) is 10.0 Å². The molecular formula is C23H24BrN3O3. The molecule has 1 aliphatic heterocycles. The summed E-state index contributed by atoms with van der Waals surface area (Å²) >= 11 is 3.42. The van der Waals surface area contributed by atoms with Gasteiger partial charge in [0.15, 0.2) is 5.82 Å². The molecule has 156 valence electrons. The Kier molecular flexibility index (Phi) is 5.64. The second-order valence-corrected chi connectivity index (χ2v) is 8.93. The average Bonchev–Trinajstić information content (AvgIpc) is 3.26. The molecule has 4 rings (SSSR count). The number of benzene rings is 2. The summed E-state index contributed by atoms with van der Waals surface area (Å²) in [5.74, 6) is 1.09. The van der Waals surface area contributed by atoms with Crippen LogP contribution in [-0.4, -0.2) is 39.1 Å². The molecule has 1 saturated heterocycles. The van der Waals surface area contributed by atoms with E-state index in [1.165, 1.54) is 0 Å². The SMILES string of the molecule is CC(C)C(=O)N1CCC(c2ccccc2)(c2noc(-c3cc(Br)ccc3O)n2)CC1. The van der Waals surface area contributed by atoms with E-state index < -0.39 is 5.41 Å².